The molecule has 0 atom stereocenters. The maximum absolute atomic E-state index is 12.0. The second-order valence-corrected chi connectivity index (χ2v) is 6.91. The third-order valence-electron chi connectivity index (χ3n) is 5.10. The Morgan fingerprint density at radius 2 is 1.75 bits per heavy atom. The Kier molecular flexibility index (Phi) is 7.17. The number of nitrogens with one attached hydrogen (secondary N) is 1. The molecule has 2 aromatic carbocycles. The molecule has 0 unspecified atom stereocenters. The van der Waals surface area contributed by atoms with Crippen molar-refractivity contribution >= 4 is 12.4 Å². The molecule has 1 N–H and O–H groups in total. The molecule has 1 aliphatic rings. The SMILES string of the molecule is CNN(C(=O)OCC=O)C1CCN(Cc2ccc(-c3ccccc3)cc2)CC1. The van der Waals surface area contributed by atoms with Crippen molar-refractivity contribution in [3.63, 3.8) is 0 Å². The summed E-state index contributed by atoms with van der Waals surface area (Å²) in [5.74, 6) is 0. The molecule has 2 aromatic rings. The molecule has 148 valence electrons. The van der Waals surface area contributed by atoms with Gasteiger partial charge in [-0.2, -0.15) is 0 Å². The summed E-state index contributed by atoms with van der Waals surface area (Å²) >= 11 is 0. The summed E-state index contributed by atoms with van der Waals surface area (Å²) in [4.78, 5) is 24.8. The van der Waals surface area contributed by atoms with E-state index in [4.69, 9.17) is 4.74 Å². The van der Waals surface area contributed by atoms with Crippen LogP contribution >= 0.6 is 0 Å². The number of benzene rings is 2. The van der Waals surface area contributed by atoms with E-state index in [0.29, 0.717) is 6.29 Å². The smallest absolute Gasteiger partial charge is 0.424 e. The molecular weight excluding hydrogens is 354 g/mol. The van der Waals surface area contributed by atoms with Gasteiger partial charge in [0.15, 0.2) is 6.29 Å². The van der Waals surface area contributed by atoms with E-state index in [9.17, 15) is 9.59 Å². The zero-order valence-electron chi connectivity index (χ0n) is 16.2. The highest BCUT2D eigenvalue weighted by molar-refractivity contribution is 5.69. The molecule has 28 heavy (non-hydrogen) atoms. The third-order valence-corrected chi connectivity index (χ3v) is 5.10. The van der Waals surface area contributed by atoms with Gasteiger partial charge < -0.3 is 4.74 Å². The number of ether oxygens (including phenoxy) is 1. The van der Waals surface area contributed by atoms with Crippen LogP contribution in [0.4, 0.5) is 4.79 Å². The first kappa shape index (κ1) is 20.0. The summed E-state index contributed by atoms with van der Waals surface area (Å²) < 4.78 is 4.91. The second-order valence-electron chi connectivity index (χ2n) is 6.91. The normalized spacial score (nSPS) is 15.2. The Morgan fingerprint density at radius 1 is 1.11 bits per heavy atom. The molecule has 0 saturated carbocycles. The number of hydrogen-bond acceptors (Lipinski definition) is 5. The van der Waals surface area contributed by atoms with E-state index in [1.165, 1.54) is 21.7 Å². The van der Waals surface area contributed by atoms with E-state index >= 15 is 0 Å². The summed E-state index contributed by atoms with van der Waals surface area (Å²) in [6.45, 7) is 2.50. The van der Waals surface area contributed by atoms with Crippen molar-refractivity contribution in [1.29, 1.82) is 0 Å². The van der Waals surface area contributed by atoms with Crippen LogP contribution in [0.15, 0.2) is 54.6 Å². The Labute approximate surface area is 166 Å². The molecule has 0 spiro atoms. The Hall–Kier alpha value is -2.70. The van der Waals surface area contributed by atoms with Crippen LogP contribution in [0.2, 0.25) is 0 Å². The molecule has 1 fully saturated rings. The minimum Gasteiger partial charge on any atom is -0.441 e. The van der Waals surface area contributed by atoms with E-state index < -0.39 is 6.09 Å². The van der Waals surface area contributed by atoms with Crippen molar-refractivity contribution in [2.75, 3.05) is 26.7 Å². The molecule has 0 bridgehead atoms. The number of carbonyl (C=O) groups is 2. The molecule has 1 aliphatic heterocycles. The van der Waals surface area contributed by atoms with E-state index in [-0.39, 0.29) is 12.6 Å². The number of piperidine rings is 1. The van der Waals surface area contributed by atoms with Gasteiger partial charge in [-0.05, 0) is 29.5 Å². The number of hydrogen-bond donors (Lipinski definition) is 1. The van der Waals surface area contributed by atoms with Gasteiger partial charge in [-0.25, -0.2) is 15.2 Å². The van der Waals surface area contributed by atoms with Crippen LogP contribution < -0.4 is 5.43 Å². The summed E-state index contributed by atoms with van der Waals surface area (Å²) in [5.41, 5.74) is 6.63. The number of hydrazine groups is 1. The van der Waals surface area contributed by atoms with Gasteiger partial charge in [0.05, 0.1) is 6.04 Å². The fraction of sp³-hybridized carbons (Fsp3) is 0.364. The molecule has 3 rings (SSSR count). The number of nitrogens with zero attached hydrogens (tertiary/aromatic N) is 2. The zero-order chi connectivity index (χ0) is 19.8. The van der Waals surface area contributed by atoms with Crippen molar-refractivity contribution in [3.05, 3.63) is 60.2 Å². The maximum Gasteiger partial charge on any atom is 0.424 e. The third kappa shape index (κ3) is 5.18. The average molecular weight is 381 g/mol. The van der Waals surface area contributed by atoms with Gasteiger partial charge in [0, 0.05) is 26.7 Å². The van der Waals surface area contributed by atoms with Gasteiger partial charge in [0.25, 0.3) is 0 Å². The van der Waals surface area contributed by atoms with Crippen molar-refractivity contribution in [2.24, 2.45) is 0 Å². The number of aldehydes is 1. The van der Waals surface area contributed by atoms with Crippen LogP contribution in [-0.2, 0) is 16.1 Å². The first-order chi connectivity index (χ1) is 13.7. The number of amides is 1. The molecule has 0 aromatic heterocycles. The standard InChI is InChI=1S/C22H27N3O3/c1-23-25(22(27)28-16-15-26)21-11-13-24(14-12-21)17-18-7-9-20(10-8-18)19-5-3-2-4-6-19/h2-10,15,21,23H,11-14,16-17H2,1H3. The number of likely N-dealkylation sites (tertiary alicyclic amines) is 1. The molecule has 1 amide bonds. The molecule has 0 radical (unpaired) electrons. The monoisotopic (exact) mass is 381 g/mol. The summed E-state index contributed by atoms with van der Waals surface area (Å²) in [6.07, 6.45) is 1.81. The molecular formula is C22H27N3O3. The lowest BCUT2D eigenvalue weighted by Gasteiger charge is -2.37. The quantitative estimate of drug-likeness (QED) is 0.590. The molecule has 0 aliphatic carbocycles. The lowest BCUT2D eigenvalue weighted by molar-refractivity contribution is -0.110. The minimum absolute atomic E-state index is 0.0702. The number of rotatable bonds is 7. The van der Waals surface area contributed by atoms with E-state index in [2.05, 4.69) is 58.9 Å². The molecule has 6 nitrogen and oxygen atoms in total. The van der Waals surface area contributed by atoms with Gasteiger partial charge in [0.2, 0.25) is 0 Å². The fourth-order valence-corrected chi connectivity index (χ4v) is 3.62. The summed E-state index contributed by atoms with van der Waals surface area (Å²) in [6, 6.07) is 19.1. The maximum atomic E-state index is 12.0. The first-order valence-electron chi connectivity index (χ1n) is 9.65. The van der Waals surface area contributed by atoms with E-state index in [1.54, 1.807) is 7.05 Å². The second kappa shape index (κ2) is 10.0. The van der Waals surface area contributed by atoms with Crippen molar-refractivity contribution in [1.82, 2.24) is 15.3 Å². The molecule has 1 heterocycles. The van der Waals surface area contributed by atoms with Crippen LogP contribution in [0.3, 0.4) is 0 Å². The highest BCUT2D eigenvalue weighted by Gasteiger charge is 2.28. The van der Waals surface area contributed by atoms with Gasteiger partial charge in [-0.3, -0.25) is 9.69 Å². The highest BCUT2D eigenvalue weighted by Crippen LogP contribution is 2.21. The molecule has 1 saturated heterocycles. The zero-order valence-corrected chi connectivity index (χ0v) is 16.2. The summed E-state index contributed by atoms with van der Waals surface area (Å²) in [7, 11) is 1.70. The lowest BCUT2D eigenvalue weighted by atomic mass is 10.0. The number of carbonyl (C=O) groups excluding carboxylic acids is 2. The first-order valence-corrected chi connectivity index (χ1v) is 9.65. The van der Waals surface area contributed by atoms with Crippen LogP contribution in [0, 0.1) is 0 Å². The predicted octanol–water partition coefficient (Wildman–Crippen LogP) is 3.09. The minimum atomic E-state index is -0.496. The Balaban J connectivity index is 1.51. The van der Waals surface area contributed by atoms with Crippen LogP contribution in [0.1, 0.15) is 18.4 Å². The Bertz CT molecular complexity index is 756. The average Bonchev–Trinajstić information content (AvgIpc) is 2.75. The van der Waals surface area contributed by atoms with E-state index in [1.807, 2.05) is 6.07 Å². The Morgan fingerprint density at radius 3 is 2.36 bits per heavy atom. The van der Waals surface area contributed by atoms with Crippen LogP contribution in [0.25, 0.3) is 11.1 Å². The molecule has 6 heteroatoms. The fourth-order valence-electron chi connectivity index (χ4n) is 3.62. The topological polar surface area (TPSA) is 61.9 Å². The van der Waals surface area contributed by atoms with Crippen molar-refractivity contribution in [3.8, 4) is 11.1 Å². The van der Waals surface area contributed by atoms with Gasteiger partial charge >= 0.3 is 6.09 Å². The van der Waals surface area contributed by atoms with Crippen molar-refractivity contribution < 1.29 is 14.3 Å². The summed E-state index contributed by atoms with van der Waals surface area (Å²) in [5, 5.41) is 1.50. The van der Waals surface area contributed by atoms with Crippen LogP contribution in [0.5, 0.6) is 0 Å². The van der Waals surface area contributed by atoms with E-state index in [0.717, 1.165) is 32.5 Å². The van der Waals surface area contributed by atoms with Gasteiger partial charge in [-0.1, -0.05) is 54.6 Å². The van der Waals surface area contributed by atoms with Gasteiger partial charge in [-0.15, -0.1) is 0 Å². The lowest BCUT2D eigenvalue weighted by Crippen LogP contribution is -2.52. The predicted molar refractivity (Wildman–Crippen MR) is 108 cm³/mol. The van der Waals surface area contributed by atoms with Crippen molar-refractivity contribution in [2.45, 2.75) is 25.4 Å². The highest BCUT2D eigenvalue weighted by atomic mass is 16.6. The largest absolute Gasteiger partial charge is 0.441 e. The van der Waals surface area contributed by atoms with Gasteiger partial charge in [0.1, 0.15) is 6.61 Å². The van der Waals surface area contributed by atoms with Crippen LogP contribution in [-0.4, -0.2) is 55.1 Å².